The van der Waals surface area contributed by atoms with Gasteiger partial charge in [-0.15, -0.1) is 11.3 Å². The van der Waals surface area contributed by atoms with Crippen LogP contribution in [-0.4, -0.2) is 31.8 Å². The molecule has 7 heteroatoms. The molecule has 0 saturated carbocycles. The SMILES string of the molecule is Cc1ncsc1C(C)Nc1ccc(S(=O)(=O)N(C)C)cc1. The predicted octanol–water partition coefficient (Wildman–Crippen LogP) is 2.87. The number of hydrogen-bond acceptors (Lipinski definition) is 5. The number of nitrogens with zero attached hydrogens (tertiary/aromatic N) is 2. The third kappa shape index (κ3) is 3.42. The van der Waals surface area contributed by atoms with E-state index in [1.54, 1.807) is 35.6 Å². The zero-order valence-electron chi connectivity index (χ0n) is 12.5. The van der Waals surface area contributed by atoms with Crippen molar-refractivity contribution in [2.45, 2.75) is 24.8 Å². The Hall–Kier alpha value is -1.44. The fourth-order valence-corrected chi connectivity index (χ4v) is 3.69. The second-order valence-corrected chi connectivity index (χ2v) is 8.02. The normalized spacial score (nSPS) is 13.4. The lowest BCUT2D eigenvalue weighted by Gasteiger charge is -2.15. The van der Waals surface area contributed by atoms with Crippen molar-refractivity contribution in [1.82, 2.24) is 9.29 Å². The van der Waals surface area contributed by atoms with Gasteiger partial charge in [-0.2, -0.15) is 0 Å². The molecular weight excluding hydrogens is 306 g/mol. The number of aryl methyl sites for hydroxylation is 1. The van der Waals surface area contributed by atoms with Gasteiger partial charge in [0.2, 0.25) is 10.0 Å². The van der Waals surface area contributed by atoms with E-state index in [9.17, 15) is 8.42 Å². The highest BCUT2D eigenvalue weighted by molar-refractivity contribution is 7.89. The van der Waals surface area contributed by atoms with Crippen molar-refractivity contribution in [3.8, 4) is 0 Å². The molecule has 0 amide bonds. The Labute approximate surface area is 129 Å². The summed E-state index contributed by atoms with van der Waals surface area (Å²) in [4.78, 5) is 5.71. The lowest BCUT2D eigenvalue weighted by atomic mass is 10.2. The molecule has 0 aliphatic rings. The van der Waals surface area contributed by atoms with E-state index in [4.69, 9.17) is 0 Å². The molecule has 1 aromatic heterocycles. The van der Waals surface area contributed by atoms with Crippen LogP contribution in [0.2, 0.25) is 0 Å². The number of sulfonamides is 1. The van der Waals surface area contributed by atoms with Gasteiger partial charge in [-0.3, -0.25) is 0 Å². The van der Waals surface area contributed by atoms with Gasteiger partial charge in [-0.05, 0) is 38.1 Å². The number of benzene rings is 1. The number of nitrogens with one attached hydrogen (secondary N) is 1. The molecule has 0 aliphatic heterocycles. The molecule has 2 rings (SSSR count). The highest BCUT2D eigenvalue weighted by Crippen LogP contribution is 2.26. The summed E-state index contributed by atoms with van der Waals surface area (Å²) in [7, 11) is -0.327. The number of aromatic nitrogens is 1. The van der Waals surface area contributed by atoms with Crippen molar-refractivity contribution in [3.63, 3.8) is 0 Å². The van der Waals surface area contributed by atoms with Crippen LogP contribution in [0.5, 0.6) is 0 Å². The van der Waals surface area contributed by atoms with Crippen LogP contribution in [0.4, 0.5) is 5.69 Å². The first-order valence-corrected chi connectivity index (χ1v) is 8.83. The van der Waals surface area contributed by atoms with E-state index in [1.165, 1.54) is 23.3 Å². The van der Waals surface area contributed by atoms with Gasteiger partial charge in [-0.25, -0.2) is 17.7 Å². The fraction of sp³-hybridized carbons (Fsp3) is 0.357. The largest absolute Gasteiger partial charge is 0.378 e. The van der Waals surface area contributed by atoms with Crippen LogP contribution in [-0.2, 0) is 10.0 Å². The van der Waals surface area contributed by atoms with Crippen LogP contribution in [0, 0.1) is 6.92 Å². The molecule has 0 saturated heterocycles. The van der Waals surface area contributed by atoms with Crippen LogP contribution in [0.1, 0.15) is 23.5 Å². The van der Waals surface area contributed by atoms with E-state index in [2.05, 4.69) is 17.2 Å². The van der Waals surface area contributed by atoms with E-state index in [0.29, 0.717) is 4.90 Å². The highest BCUT2D eigenvalue weighted by atomic mass is 32.2. The van der Waals surface area contributed by atoms with Gasteiger partial charge in [0.05, 0.1) is 22.1 Å². The maximum absolute atomic E-state index is 12.0. The Morgan fingerprint density at radius 1 is 1.24 bits per heavy atom. The number of rotatable bonds is 5. The summed E-state index contributed by atoms with van der Waals surface area (Å²) in [5, 5.41) is 3.35. The summed E-state index contributed by atoms with van der Waals surface area (Å²) in [5.41, 5.74) is 3.73. The second kappa shape index (κ2) is 6.13. The monoisotopic (exact) mass is 325 g/mol. The van der Waals surface area contributed by atoms with E-state index < -0.39 is 10.0 Å². The minimum absolute atomic E-state index is 0.133. The Kier molecular flexibility index (Phi) is 4.65. The number of anilines is 1. The number of thiazole rings is 1. The van der Waals surface area contributed by atoms with E-state index in [1.807, 2.05) is 12.4 Å². The Balaban J connectivity index is 2.15. The van der Waals surface area contributed by atoms with Gasteiger partial charge in [0.15, 0.2) is 0 Å². The van der Waals surface area contributed by atoms with Crippen molar-refractivity contribution in [2.75, 3.05) is 19.4 Å². The third-order valence-corrected chi connectivity index (χ3v) is 6.14. The smallest absolute Gasteiger partial charge is 0.242 e. The van der Waals surface area contributed by atoms with Crippen molar-refractivity contribution >= 4 is 27.0 Å². The van der Waals surface area contributed by atoms with Gasteiger partial charge in [0.1, 0.15) is 0 Å². The Bertz CT molecular complexity index is 706. The van der Waals surface area contributed by atoms with Crippen LogP contribution < -0.4 is 5.32 Å². The second-order valence-electron chi connectivity index (χ2n) is 4.98. The summed E-state index contributed by atoms with van der Waals surface area (Å²) >= 11 is 1.61. The molecule has 2 aromatic rings. The first-order valence-electron chi connectivity index (χ1n) is 6.51. The molecule has 1 N–H and O–H groups in total. The third-order valence-electron chi connectivity index (χ3n) is 3.19. The molecule has 1 unspecified atom stereocenters. The molecule has 0 aliphatic carbocycles. The van der Waals surface area contributed by atoms with E-state index >= 15 is 0 Å². The van der Waals surface area contributed by atoms with Crippen molar-refractivity contribution in [3.05, 3.63) is 40.3 Å². The van der Waals surface area contributed by atoms with Gasteiger partial charge in [0, 0.05) is 24.7 Å². The number of hydrogen-bond donors (Lipinski definition) is 1. The lowest BCUT2D eigenvalue weighted by Crippen LogP contribution is -2.22. The molecule has 0 spiro atoms. The molecule has 0 radical (unpaired) electrons. The van der Waals surface area contributed by atoms with Gasteiger partial charge < -0.3 is 5.32 Å². The van der Waals surface area contributed by atoms with E-state index in [0.717, 1.165) is 11.4 Å². The summed E-state index contributed by atoms with van der Waals surface area (Å²) in [6, 6.07) is 6.93. The topological polar surface area (TPSA) is 62.3 Å². The maximum Gasteiger partial charge on any atom is 0.242 e. The molecule has 114 valence electrons. The van der Waals surface area contributed by atoms with Gasteiger partial charge >= 0.3 is 0 Å². The molecule has 1 heterocycles. The van der Waals surface area contributed by atoms with Gasteiger partial charge in [0.25, 0.3) is 0 Å². The fourth-order valence-electron chi connectivity index (χ4n) is 1.98. The van der Waals surface area contributed by atoms with Crippen LogP contribution in [0.25, 0.3) is 0 Å². The minimum atomic E-state index is -3.37. The summed E-state index contributed by atoms with van der Waals surface area (Å²) in [5.74, 6) is 0. The molecule has 0 fully saturated rings. The molecular formula is C14H19N3O2S2. The molecule has 1 aromatic carbocycles. The minimum Gasteiger partial charge on any atom is -0.378 e. The van der Waals surface area contributed by atoms with Crippen LogP contribution in [0.15, 0.2) is 34.7 Å². The van der Waals surface area contributed by atoms with Crippen LogP contribution in [0.3, 0.4) is 0 Å². The predicted molar refractivity (Wildman–Crippen MR) is 86.2 cm³/mol. The van der Waals surface area contributed by atoms with E-state index in [-0.39, 0.29) is 6.04 Å². The Morgan fingerprint density at radius 2 is 1.86 bits per heavy atom. The van der Waals surface area contributed by atoms with Crippen molar-refractivity contribution < 1.29 is 8.42 Å². The average Bonchev–Trinajstić information content (AvgIpc) is 2.85. The molecule has 21 heavy (non-hydrogen) atoms. The standard InChI is InChI=1S/C14H19N3O2S2/c1-10-14(20-9-15-10)11(2)16-12-5-7-13(8-6-12)21(18,19)17(3)4/h5-9,11,16H,1-4H3. The first kappa shape index (κ1) is 15.9. The molecule has 0 bridgehead atoms. The van der Waals surface area contributed by atoms with Crippen LogP contribution >= 0.6 is 11.3 Å². The Morgan fingerprint density at radius 3 is 2.33 bits per heavy atom. The zero-order valence-corrected chi connectivity index (χ0v) is 14.1. The van der Waals surface area contributed by atoms with Crippen molar-refractivity contribution in [2.24, 2.45) is 0 Å². The first-order chi connectivity index (χ1) is 9.82. The quantitative estimate of drug-likeness (QED) is 0.918. The average molecular weight is 325 g/mol. The summed E-state index contributed by atoms with van der Waals surface area (Å²) < 4.78 is 25.2. The summed E-state index contributed by atoms with van der Waals surface area (Å²) in [6.07, 6.45) is 0. The molecule has 1 atom stereocenters. The zero-order chi connectivity index (χ0) is 15.6. The highest BCUT2D eigenvalue weighted by Gasteiger charge is 2.17. The summed E-state index contributed by atoms with van der Waals surface area (Å²) in [6.45, 7) is 4.04. The van der Waals surface area contributed by atoms with Gasteiger partial charge in [-0.1, -0.05) is 0 Å². The van der Waals surface area contributed by atoms with Crippen molar-refractivity contribution in [1.29, 1.82) is 0 Å². The molecule has 5 nitrogen and oxygen atoms in total. The lowest BCUT2D eigenvalue weighted by molar-refractivity contribution is 0.521. The maximum atomic E-state index is 12.0.